The van der Waals surface area contributed by atoms with E-state index >= 15 is 0 Å². The van der Waals surface area contributed by atoms with Gasteiger partial charge in [-0.2, -0.15) is 0 Å². The monoisotopic (exact) mass is 382 g/mol. The summed E-state index contributed by atoms with van der Waals surface area (Å²) in [4.78, 5) is 14.3. The lowest BCUT2D eigenvalue weighted by Gasteiger charge is -2.18. The fraction of sp³-hybridized carbons (Fsp3) is 0.438. The van der Waals surface area contributed by atoms with Crippen molar-refractivity contribution in [2.45, 2.75) is 36.3 Å². The predicted molar refractivity (Wildman–Crippen MR) is 101 cm³/mol. The summed E-state index contributed by atoms with van der Waals surface area (Å²) in [6, 6.07) is 5.78. The Balaban J connectivity index is 1.60. The minimum atomic E-state index is -0.141. The lowest BCUT2D eigenvalue weighted by molar-refractivity contribution is -0.129. The van der Waals surface area contributed by atoms with Crippen LogP contribution >= 0.6 is 34.7 Å². The molecule has 1 fully saturated rings. The van der Waals surface area contributed by atoms with Crippen molar-refractivity contribution in [2.75, 3.05) is 18.4 Å². The molecule has 128 valence electrons. The molecule has 1 aliphatic heterocycles. The summed E-state index contributed by atoms with van der Waals surface area (Å²) in [5, 5.41) is 12.8. The summed E-state index contributed by atoms with van der Waals surface area (Å²) < 4.78 is 0.788. The van der Waals surface area contributed by atoms with Gasteiger partial charge in [-0.25, -0.2) is 0 Å². The Kier molecular flexibility index (Phi) is 5.63. The van der Waals surface area contributed by atoms with Gasteiger partial charge in [-0.15, -0.1) is 10.2 Å². The van der Waals surface area contributed by atoms with Gasteiger partial charge in [-0.3, -0.25) is 4.79 Å². The van der Waals surface area contributed by atoms with Gasteiger partial charge in [0.15, 0.2) is 4.34 Å². The molecule has 1 N–H and O–H groups in total. The summed E-state index contributed by atoms with van der Waals surface area (Å²) >= 11 is 9.04. The molecule has 3 rings (SSSR count). The van der Waals surface area contributed by atoms with E-state index in [0.717, 1.165) is 41.5 Å². The van der Waals surface area contributed by atoms with Crippen molar-refractivity contribution in [3.63, 3.8) is 0 Å². The molecular weight excluding hydrogens is 364 g/mol. The van der Waals surface area contributed by atoms with Gasteiger partial charge in [0.25, 0.3) is 0 Å². The topological polar surface area (TPSA) is 58.1 Å². The number of halogens is 1. The van der Waals surface area contributed by atoms with Gasteiger partial charge in [-0.05, 0) is 44.4 Å². The van der Waals surface area contributed by atoms with E-state index in [1.54, 1.807) is 0 Å². The van der Waals surface area contributed by atoms with E-state index in [1.807, 2.05) is 36.9 Å². The quantitative estimate of drug-likeness (QED) is 0.779. The SMILES string of the molecule is Cc1ccc(Nc2nnc(SC(C)C(=O)N3CCCC3)s2)cc1Cl. The molecular formula is C16H19ClN4OS2. The standard InChI is InChI=1S/C16H19ClN4OS2/c1-10-5-6-12(9-13(10)17)18-15-19-20-16(24-15)23-11(2)14(22)21-7-3-4-8-21/h5-6,9,11H,3-4,7-8H2,1-2H3,(H,18,19). The zero-order valence-electron chi connectivity index (χ0n) is 13.6. The maximum absolute atomic E-state index is 12.3. The van der Waals surface area contributed by atoms with Gasteiger partial charge in [0.2, 0.25) is 11.0 Å². The van der Waals surface area contributed by atoms with E-state index in [0.29, 0.717) is 10.2 Å². The van der Waals surface area contributed by atoms with Crippen LogP contribution in [0.15, 0.2) is 22.5 Å². The van der Waals surface area contributed by atoms with Crippen LogP contribution in [-0.4, -0.2) is 39.3 Å². The molecule has 2 heterocycles. The zero-order chi connectivity index (χ0) is 17.1. The molecule has 24 heavy (non-hydrogen) atoms. The first-order valence-corrected chi connectivity index (χ1v) is 9.92. The number of hydrogen-bond donors (Lipinski definition) is 1. The molecule has 8 heteroatoms. The van der Waals surface area contributed by atoms with E-state index in [4.69, 9.17) is 11.6 Å². The molecule has 1 atom stereocenters. The second-order valence-electron chi connectivity index (χ2n) is 5.75. The number of carbonyl (C=O) groups excluding carboxylic acids is 1. The summed E-state index contributed by atoms with van der Waals surface area (Å²) in [7, 11) is 0. The van der Waals surface area contributed by atoms with E-state index < -0.39 is 0 Å². The molecule has 1 unspecified atom stereocenters. The average Bonchev–Trinajstić information content (AvgIpc) is 3.22. The number of anilines is 2. The Morgan fingerprint density at radius 1 is 1.38 bits per heavy atom. The van der Waals surface area contributed by atoms with Gasteiger partial charge in [-0.1, -0.05) is 40.8 Å². The van der Waals surface area contributed by atoms with Crippen LogP contribution < -0.4 is 5.32 Å². The number of nitrogens with one attached hydrogen (secondary N) is 1. The third kappa shape index (κ3) is 4.20. The summed E-state index contributed by atoms with van der Waals surface area (Å²) in [5.74, 6) is 0.188. The number of aryl methyl sites for hydroxylation is 1. The highest BCUT2D eigenvalue weighted by Gasteiger charge is 2.25. The molecule has 1 aliphatic rings. The van der Waals surface area contributed by atoms with Gasteiger partial charge in [0, 0.05) is 23.8 Å². The molecule has 0 radical (unpaired) electrons. The van der Waals surface area contributed by atoms with Crippen LogP contribution in [0.2, 0.25) is 5.02 Å². The van der Waals surface area contributed by atoms with Gasteiger partial charge >= 0.3 is 0 Å². The van der Waals surface area contributed by atoms with Crippen LogP contribution in [0.4, 0.5) is 10.8 Å². The first kappa shape index (κ1) is 17.5. The van der Waals surface area contributed by atoms with Crippen LogP contribution in [0.25, 0.3) is 0 Å². The van der Waals surface area contributed by atoms with Crippen LogP contribution in [0, 0.1) is 6.92 Å². The molecule has 1 aromatic heterocycles. The highest BCUT2D eigenvalue weighted by atomic mass is 35.5. The molecule has 0 aliphatic carbocycles. The molecule has 1 aromatic carbocycles. The number of carbonyl (C=O) groups is 1. The smallest absolute Gasteiger partial charge is 0.235 e. The lowest BCUT2D eigenvalue weighted by Crippen LogP contribution is -2.33. The summed E-state index contributed by atoms with van der Waals surface area (Å²) in [5.41, 5.74) is 1.91. The Hall–Kier alpha value is -1.31. The maximum Gasteiger partial charge on any atom is 0.235 e. The number of likely N-dealkylation sites (tertiary alicyclic amines) is 1. The number of amides is 1. The van der Waals surface area contributed by atoms with Crippen molar-refractivity contribution in [1.82, 2.24) is 15.1 Å². The molecule has 0 bridgehead atoms. The number of aromatic nitrogens is 2. The van der Waals surface area contributed by atoms with Crippen LogP contribution in [-0.2, 0) is 4.79 Å². The van der Waals surface area contributed by atoms with Crippen molar-refractivity contribution in [2.24, 2.45) is 0 Å². The Bertz CT molecular complexity index is 731. The number of rotatable bonds is 5. The van der Waals surface area contributed by atoms with Crippen LogP contribution in [0.3, 0.4) is 0 Å². The zero-order valence-corrected chi connectivity index (χ0v) is 16.0. The highest BCUT2D eigenvalue weighted by Crippen LogP contribution is 2.32. The van der Waals surface area contributed by atoms with Crippen molar-refractivity contribution in [1.29, 1.82) is 0 Å². The Morgan fingerprint density at radius 2 is 2.12 bits per heavy atom. The molecule has 0 saturated carbocycles. The van der Waals surface area contributed by atoms with Crippen molar-refractivity contribution in [3.8, 4) is 0 Å². The third-order valence-electron chi connectivity index (χ3n) is 3.87. The summed E-state index contributed by atoms with van der Waals surface area (Å²) in [6.45, 7) is 5.64. The van der Waals surface area contributed by atoms with Crippen molar-refractivity contribution >= 4 is 51.4 Å². The molecule has 0 spiro atoms. The lowest BCUT2D eigenvalue weighted by atomic mass is 10.2. The second kappa shape index (κ2) is 7.72. The van der Waals surface area contributed by atoms with E-state index in [9.17, 15) is 4.79 Å². The van der Waals surface area contributed by atoms with E-state index in [-0.39, 0.29) is 11.2 Å². The fourth-order valence-electron chi connectivity index (χ4n) is 2.50. The number of nitrogens with zero attached hydrogens (tertiary/aromatic N) is 3. The molecule has 1 amide bonds. The summed E-state index contributed by atoms with van der Waals surface area (Å²) in [6.07, 6.45) is 2.21. The first-order valence-electron chi connectivity index (χ1n) is 7.85. The maximum atomic E-state index is 12.3. The van der Waals surface area contributed by atoms with Crippen LogP contribution in [0.5, 0.6) is 0 Å². The first-order chi connectivity index (χ1) is 11.5. The third-order valence-corrected chi connectivity index (χ3v) is 6.29. The van der Waals surface area contributed by atoms with Gasteiger partial charge in [0.05, 0.1) is 5.25 Å². The molecule has 2 aromatic rings. The Labute approximate surface area is 154 Å². The predicted octanol–water partition coefficient (Wildman–Crippen LogP) is 4.35. The number of hydrogen-bond acceptors (Lipinski definition) is 6. The van der Waals surface area contributed by atoms with Crippen molar-refractivity contribution < 1.29 is 4.79 Å². The normalized spacial score (nSPS) is 15.5. The van der Waals surface area contributed by atoms with Gasteiger partial charge in [0.1, 0.15) is 0 Å². The van der Waals surface area contributed by atoms with Crippen LogP contribution in [0.1, 0.15) is 25.3 Å². The van der Waals surface area contributed by atoms with E-state index in [1.165, 1.54) is 23.1 Å². The van der Waals surface area contributed by atoms with Crippen molar-refractivity contribution in [3.05, 3.63) is 28.8 Å². The number of benzene rings is 1. The minimum Gasteiger partial charge on any atom is -0.342 e. The molecule has 1 saturated heterocycles. The minimum absolute atomic E-state index is 0.141. The average molecular weight is 383 g/mol. The largest absolute Gasteiger partial charge is 0.342 e. The number of thioether (sulfide) groups is 1. The van der Waals surface area contributed by atoms with Gasteiger partial charge < -0.3 is 10.2 Å². The highest BCUT2D eigenvalue weighted by molar-refractivity contribution is 8.02. The van der Waals surface area contributed by atoms with E-state index in [2.05, 4.69) is 15.5 Å². The molecule has 5 nitrogen and oxygen atoms in total. The Morgan fingerprint density at radius 3 is 2.83 bits per heavy atom. The fourth-order valence-corrected chi connectivity index (χ4v) is 4.68. The second-order valence-corrected chi connectivity index (χ2v) is 8.73.